The number of nitrogens with zero attached hydrogens (tertiary/aromatic N) is 3. The zero-order chi connectivity index (χ0) is 13.1. The van der Waals surface area contributed by atoms with Crippen LogP contribution in [0.3, 0.4) is 0 Å². The first kappa shape index (κ1) is 12.1. The van der Waals surface area contributed by atoms with Gasteiger partial charge in [-0.05, 0) is 12.5 Å². The molecule has 18 heavy (non-hydrogen) atoms. The minimum absolute atomic E-state index is 0.148. The molecule has 1 aromatic heterocycles. The summed E-state index contributed by atoms with van der Waals surface area (Å²) >= 11 is 0. The van der Waals surface area contributed by atoms with E-state index in [1.165, 1.54) is 0 Å². The average Bonchev–Trinajstić information content (AvgIpc) is 2.74. The van der Waals surface area contributed by atoms with E-state index in [2.05, 4.69) is 10.4 Å². The van der Waals surface area contributed by atoms with E-state index in [1.54, 1.807) is 23.7 Å². The van der Waals surface area contributed by atoms with Crippen LogP contribution in [0.4, 0.5) is 11.5 Å². The van der Waals surface area contributed by atoms with Gasteiger partial charge < -0.3 is 5.32 Å². The van der Waals surface area contributed by atoms with E-state index < -0.39 is 0 Å². The van der Waals surface area contributed by atoms with Gasteiger partial charge in [0, 0.05) is 37.5 Å². The molecule has 1 heterocycles. The van der Waals surface area contributed by atoms with Crippen molar-refractivity contribution in [3.63, 3.8) is 0 Å². The van der Waals surface area contributed by atoms with Crippen molar-refractivity contribution < 1.29 is 4.92 Å². The maximum atomic E-state index is 10.8. The van der Waals surface area contributed by atoms with Crippen LogP contribution in [-0.2, 0) is 13.6 Å². The lowest BCUT2D eigenvalue weighted by atomic mass is 10.1. The number of aryl methyl sites for hydroxylation is 2. The quantitative estimate of drug-likeness (QED) is 0.663. The Balaban J connectivity index is 2.10. The smallest absolute Gasteiger partial charge is 0.272 e. The van der Waals surface area contributed by atoms with Gasteiger partial charge in [-0.15, -0.1) is 0 Å². The maximum Gasteiger partial charge on any atom is 0.272 e. The molecule has 2 aromatic rings. The fraction of sp³-hybridized carbons (Fsp3) is 0.250. The summed E-state index contributed by atoms with van der Waals surface area (Å²) in [5, 5.41) is 18.1. The molecule has 0 aliphatic heterocycles. The van der Waals surface area contributed by atoms with Crippen molar-refractivity contribution in [3.8, 4) is 0 Å². The molecule has 0 unspecified atom stereocenters. The third-order valence-corrected chi connectivity index (χ3v) is 2.66. The van der Waals surface area contributed by atoms with Gasteiger partial charge in [0.25, 0.3) is 5.69 Å². The lowest BCUT2D eigenvalue weighted by Crippen LogP contribution is -2.02. The summed E-state index contributed by atoms with van der Waals surface area (Å²) in [6, 6.07) is 7.07. The molecule has 0 fully saturated rings. The third kappa shape index (κ3) is 2.65. The minimum Gasteiger partial charge on any atom is -0.365 e. The number of anilines is 1. The van der Waals surface area contributed by atoms with Gasteiger partial charge in [-0.3, -0.25) is 14.8 Å². The Bertz CT molecular complexity index is 577. The molecule has 2 rings (SSSR count). The molecule has 0 bridgehead atoms. The Hall–Kier alpha value is -2.37. The van der Waals surface area contributed by atoms with Gasteiger partial charge in [0.1, 0.15) is 5.82 Å². The first-order chi connectivity index (χ1) is 8.56. The monoisotopic (exact) mass is 246 g/mol. The first-order valence-corrected chi connectivity index (χ1v) is 5.53. The fourth-order valence-corrected chi connectivity index (χ4v) is 1.66. The van der Waals surface area contributed by atoms with E-state index in [9.17, 15) is 10.1 Å². The molecule has 0 radical (unpaired) electrons. The molecule has 0 amide bonds. The summed E-state index contributed by atoms with van der Waals surface area (Å²) in [6.07, 6.45) is 1.83. The normalized spacial score (nSPS) is 10.3. The van der Waals surface area contributed by atoms with E-state index in [4.69, 9.17) is 0 Å². The zero-order valence-corrected chi connectivity index (χ0v) is 10.3. The number of nitrogens with one attached hydrogen (secondary N) is 1. The number of aromatic nitrogens is 2. The number of nitro benzene ring substituents is 1. The summed E-state index contributed by atoms with van der Waals surface area (Å²) in [5.41, 5.74) is 1.68. The van der Waals surface area contributed by atoms with Gasteiger partial charge in [-0.25, -0.2) is 0 Å². The molecule has 0 saturated carbocycles. The Morgan fingerprint density at radius 3 is 2.83 bits per heavy atom. The second-order valence-electron chi connectivity index (χ2n) is 4.11. The predicted octanol–water partition coefficient (Wildman–Crippen LogP) is 2.25. The molecule has 94 valence electrons. The average molecular weight is 246 g/mol. The van der Waals surface area contributed by atoms with Gasteiger partial charge in [0.05, 0.1) is 4.92 Å². The molecule has 6 nitrogen and oxygen atoms in total. The van der Waals surface area contributed by atoms with Crippen LogP contribution in [0.15, 0.2) is 30.5 Å². The number of nitro groups is 1. The second kappa shape index (κ2) is 4.87. The van der Waals surface area contributed by atoms with Crippen LogP contribution in [-0.4, -0.2) is 14.7 Å². The van der Waals surface area contributed by atoms with Crippen LogP contribution in [0.1, 0.15) is 11.1 Å². The zero-order valence-electron chi connectivity index (χ0n) is 10.3. The fourth-order valence-electron chi connectivity index (χ4n) is 1.66. The van der Waals surface area contributed by atoms with Crippen molar-refractivity contribution in [2.75, 3.05) is 5.32 Å². The van der Waals surface area contributed by atoms with E-state index in [1.807, 2.05) is 25.4 Å². The number of rotatable bonds is 4. The highest BCUT2D eigenvalue weighted by Gasteiger charge is 2.10. The van der Waals surface area contributed by atoms with Gasteiger partial charge in [0.15, 0.2) is 0 Å². The maximum absolute atomic E-state index is 10.8. The highest BCUT2D eigenvalue weighted by Crippen LogP contribution is 2.19. The van der Waals surface area contributed by atoms with Crippen LogP contribution in [0.25, 0.3) is 0 Å². The molecule has 0 aliphatic rings. The highest BCUT2D eigenvalue weighted by molar-refractivity contribution is 5.44. The molecule has 1 aromatic carbocycles. The Morgan fingerprint density at radius 1 is 1.44 bits per heavy atom. The van der Waals surface area contributed by atoms with Crippen molar-refractivity contribution in [1.29, 1.82) is 0 Å². The van der Waals surface area contributed by atoms with Crippen LogP contribution in [0.2, 0.25) is 0 Å². The van der Waals surface area contributed by atoms with Gasteiger partial charge in [-0.1, -0.05) is 12.1 Å². The van der Waals surface area contributed by atoms with Gasteiger partial charge in [0.2, 0.25) is 0 Å². The lowest BCUT2D eigenvalue weighted by molar-refractivity contribution is -0.385. The number of benzene rings is 1. The highest BCUT2D eigenvalue weighted by atomic mass is 16.6. The predicted molar refractivity (Wildman–Crippen MR) is 68.4 cm³/mol. The minimum atomic E-state index is -0.362. The molecule has 6 heteroatoms. The Kier molecular flexibility index (Phi) is 3.27. The van der Waals surface area contributed by atoms with Crippen LogP contribution in [0, 0.1) is 17.0 Å². The summed E-state index contributed by atoms with van der Waals surface area (Å²) in [4.78, 5) is 10.5. The molecule has 0 spiro atoms. The molecule has 0 atom stereocenters. The number of hydrogen-bond donors (Lipinski definition) is 1. The van der Waals surface area contributed by atoms with Crippen LogP contribution < -0.4 is 5.32 Å². The lowest BCUT2D eigenvalue weighted by Gasteiger charge is -2.04. The molecule has 0 saturated heterocycles. The van der Waals surface area contributed by atoms with E-state index in [0.717, 1.165) is 11.4 Å². The molecule has 0 aliphatic carbocycles. The molecular formula is C12H14N4O2. The van der Waals surface area contributed by atoms with Crippen LogP contribution in [0.5, 0.6) is 0 Å². The van der Waals surface area contributed by atoms with E-state index in [-0.39, 0.29) is 10.6 Å². The standard InChI is InChI=1S/C12H14N4O2/c1-9-3-4-10(7-11(9)16(17)18)8-13-12-5-6-15(2)14-12/h3-7H,8H2,1-2H3,(H,13,14). The van der Waals surface area contributed by atoms with E-state index >= 15 is 0 Å². The summed E-state index contributed by atoms with van der Waals surface area (Å²) in [7, 11) is 1.84. The largest absolute Gasteiger partial charge is 0.365 e. The van der Waals surface area contributed by atoms with Crippen LogP contribution >= 0.6 is 0 Å². The third-order valence-electron chi connectivity index (χ3n) is 2.66. The van der Waals surface area contributed by atoms with Crippen molar-refractivity contribution in [3.05, 3.63) is 51.7 Å². The number of hydrogen-bond acceptors (Lipinski definition) is 4. The topological polar surface area (TPSA) is 73.0 Å². The Morgan fingerprint density at radius 2 is 2.22 bits per heavy atom. The van der Waals surface area contributed by atoms with Crippen molar-refractivity contribution in [2.24, 2.45) is 7.05 Å². The summed E-state index contributed by atoms with van der Waals surface area (Å²) in [5.74, 6) is 0.751. The van der Waals surface area contributed by atoms with Crippen molar-refractivity contribution >= 4 is 11.5 Å². The second-order valence-corrected chi connectivity index (χ2v) is 4.11. The SMILES string of the molecule is Cc1ccc(CNc2ccn(C)n2)cc1[N+](=O)[O-]. The van der Waals surface area contributed by atoms with Gasteiger partial charge >= 0.3 is 0 Å². The van der Waals surface area contributed by atoms with Gasteiger partial charge in [-0.2, -0.15) is 5.10 Å². The van der Waals surface area contributed by atoms with E-state index in [0.29, 0.717) is 12.1 Å². The van der Waals surface area contributed by atoms with Crippen molar-refractivity contribution in [2.45, 2.75) is 13.5 Å². The molecule has 1 N–H and O–H groups in total. The summed E-state index contributed by atoms with van der Waals surface area (Å²) in [6.45, 7) is 2.24. The Labute approximate surface area is 104 Å². The molecular weight excluding hydrogens is 232 g/mol. The summed E-state index contributed by atoms with van der Waals surface area (Å²) < 4.78 is 1.69. The van der Waals surface area contributed by atoms with Crippen molar-refractivity contribution in [1.82, 2.24) is 9.78 Å². The first-order valence-electron chi connectivity index (χ1n) is 5.53.